The van der Waals surface area contributed by atoms with Crippen LogP contribution < -0.4 is 5.32 Å². The lowest BCUT2D eigenvalue weighted by Crippen LogP contribution is -2.26. The molecule has 0 aliphatic heterocycles. The number of H-pyrrole nitrogens is 1. The number of amides is 2. The number of anilines is 1. The fraction of sp³-hybridized carbons (Fsp3) is 0.0870. The molecule has 4 aromatic rings. The van der Waals surface area contributed by atoms with Gasteiger partial charge in [0, 0.05) is 23.9 Å². The summed E-state index contributed by atoms with van der Waals surface area (Å²) >= 11 is 0. The van der Waals surface area contributed by atoms with Crippen molar-refractivity contribution in [3.63, 3.8) is 0 Å². The van der Waals surface area contributed by atoms with E-state index < -0.39 is 0 Å². The van der Waals surface area contributed by atoms with Gasteiger partial charge in [0.1, 0.15) is 5.82 Å². The van der Waals surface area contributed by atoms with Gasteiger partial charge in [0.05, 0.1) is 17.6 Å². The average Bonchev–Trinajstić information content (AvgIpc) is 3.16. The Morgan fingerprint density at radius 3 is 2.31 bits per heavy atom. The smallest absolute Gasteiger partial charge is 0.255 e. The first kappa shape index (κ1) is 18.4. The normalized spacial score (nSPS) is 10.7. The fourth-order valence-corrected chi connectivity index (χ4v) is 3.09. The molecule has 6 nitrogen and oxygen atoms in total. The van der Waals surface area contributed by atoms with E-state index in [1.165, 1.54) is 0 Å². The van der Waals surface area contributed by atoms with E-state index in [9.17, 15) is 9.59 Å². The lowest BCUT2D eigenvalue weighted by atomic mass is 10.1. The van der Waals surface area contributed by atoms with Gasteiger partial charge in [0.2, 0.25) is 0 Å². The Kier molecular flexibility index (Phi) is 5.07. The summed E-state index contributed by atoms with van der Waals surface area (Å²) in [5, 5.41) is 2.83. The van der Waals surface area contributed by atoms with Crippen LogP contribution in [-0.4, -0.2) is 33.7 Å². The van der Waals surface area contributed by atoms with Crippen LogP contribution in [0.2, 0.25) is 0 Å². The van der Waals surface area contributed by atoms with E-state index in [0.717, 1.165) is 16.9 Å². The van der Waals surface area contributed by atoms with Crippen LogP contribution in [0.25, 0.3) is 11.0 Å². The summed E-state index contributed by atoms with van der Waals surface area (Å²) in [6.07, 6.45) is 0. The molecule has 0 atom stereocenters. The van der Waals surface area contributed by atoms with Crippen molar-refractivity contribution in [3.05, 3.63) is 95.8 Å². The van der Waals surface area contributed by atoms with Gasteiger partial charge in [-0.1, -0.05) is 30.3 Å². The van der Waals surface area contributed by atoms with E-state index in [4.69, 9.17) is 0 Å². The number of carbonyl (C=O) groups is 2. The Balaban J connectivity index is 1.41. The number of aromatic amines is 1. The van der Waals surface area contributed by atoms with Crippen molar-refractivity contribution in [2.24, 2.45) is 0 Å². The van der Waals surface area contributed by atoms with E-state index in [2.05, 4.69) is 15.3 Å². The molecule has 2 N–H and O–H groups in total. The van der Waals surface area contributed by atoms with Crippen molar-refractivity contribution in [1.29, 1.82) is 0 Å². The molecule has 0 aliphatic carbocycles. The standard InChI is InChI=1S/C23H20N4O2/c1-27(15-21-25-19-9-5-6-10-20(19)26-21)23(29)17-11-13-18(14-12-17)24-22(28)16-7-3-2-4-8-16/h2-14H,15H2,1H3,(H,24,28)(H,25,26). The lowest BCUT2D eigenvalue weighted by molar-refractivity contribution is 0.0782. The van der Waals surface area contributed by atoms with Crippen LogP contribution in [0.4, 0.5) is 5.69 Å². The van der Waals surface area contributed by atoms with E-state index in [1.54, 1.807) is 48.3 Å². The van der Waals surface area contributed by atoms with Gasteiger partial charge in [-0.3, -0.25) is 9.59 Å². The van der Waals surface area contributed by atoms with Crippen LogP contribution >= 0.6 is 0 Å². The summed E-state index contributed by atoms with van der Waals surface area (Å²) < 4.78 is 0. The minimum atomic E-state index is -0.188. The lowest BCUT2D eigenvalue weighted by Gasteiger charge is -2.16. The van der Waals surface area contributed by atoms with Crippen molar-refractivity contribution in [3.8, 4) is 0 Å². The van der Waals surface area contributed by atoms with Gasteiger partial charge in [-0.05, 0) is 48.5 Å². The zero-order valence-electron chi connectivity index (χ0n) is 15.9. The molecular formula is C23H20N4O2. The predicted molar refractivity (Wildman–Crippen MR) is 113 cm³/mol. The summed E-state index contributed by atoms with van der Waals surface area (Å²) in [5.74, 6) is 0.423. The number of aromatic nitrogens is 2. The minimum Gasteiger partial charge on any atom is -0.340 e. The van der Waals surface area contributed by atoms with E-state index in [-0.39, 0.29) is 11.8 Å². The Bertz CT molecular complexity index is 1120. The largest absolute Gasteiger partial charge is 0.340 e. The van der Waals surface area contributed by atoms with E-state index in [0.29, 0.717) is 23.4 Å². The molecule has 1 aromatic heterocycles. The molecule has 0 fully saturated rings. The number of nitrogens with zero attached hydrogens (tertiary/aromatic N) is 2. The molecule has 2 amide bonds. The number of carbonyl (C=O) groups excluding carboxylic acids is 2. The Hall–Kier alpha value is -3.93. The SMILES string of the molecule is CN(Cc1nc2ccccc2[nH]1)C(=O)c1ccc(NC(=O)c2ccccc2)cc1. The second-order valence-electron chi connectivity index (χ2n) is 6.76. The molecule has 0 bridgehead atoms. The third kappa shape index (κ3) is 4.16. The molecule has 6 heteroatoms. The van der Waals surface area contributed by atoms with Gasteiger partial charge in [0.25, 0.3) is 11.8 Å². The van der Waals surface area contributed by atoms with Gasteiger partial charge in [0.15, 0.2) is 0 Å². The summed E-state index contributed by atoms with van der Waals surface area (Å²) in [6.45, 7) is 0.375. The number of nitrogens with one attached hydrogen (secondary N) is 2. The fourth-order valence-electron chi connectivity index (χ4n) is 3.09. The Morgan fingerprint density at radius 2 is 1.59 bits per heavy atom. The van der Waals surface area contributed by atoms with Gasteiger partial charge in [-0.25, -0.2) is 4.98 Å². The minimum absolute atomic E-state index is 0.119. The summed E-state index contributed by atoms with van der Waals surface area (Å²) in [4.78, 5) is 34.3. The highest BCUT2D eigenvalue weighted by Gasteiger charge is 2.14. The predicted octanol–water partition coefficient (Wildman–Crippen LogP) is 4.09. The number of fused-ring (bicyclic) bond motifs is 1. The second kappa shape index (κ2) is 7.98. The Labute approximate surface area is 168 Å². The summed E-state index contributed by atoms with van der Waals surface area (Å²) in [7, 11) is 1.74. The number of hydrogen-bond donors (Lipinski definition) is 2. The van der Waals surface area contributed by atoms with Gasteiger partial charge in [-0.15, -0.1) is 0 Å². The average molecular weight is 384 g/mol. The number of hydrogen-bond acceptors (Lipinski definition) is 3. The highest BCUT2D eigenvalue weighted by atomic mass is 16.2. The van der Waals surface area contributed by atoms with Crippen LogP contribution in [0, 0.1) is 0 Å². The van der Waals surface area contributed by atoms with E-state index >= 15 is 0 Å². The van der Waals surface area contributed by atoms with Crippen molar-refractivity contribution in [2.75, 3.05) is 12.4 Å². The molecule has 4 rings (SSSR count). The Morgan fingerprint density at radius 1 is 0.897 bits per heavy atom. The van der Waals surface area contributed by atoms with Crippen LogP contribution in [0.15, 0.2) is 78.9 Å². The van der Waals surface area contributed by atoms with Crippen LogP contribution in [0.5, 0.6) is 0 Å². The molecule has 0 radical (unpaired) electrons. The van der Waals surface area contributed by atoms with Crippen LogP contribution in [0.3, 0.4) is 0 Å². The molecule has 1 heterocycles. The zero-order valence-corrected chi connectivity index (χ0v) is 15.9. The monoisotopic (exact) mass is 384 g/mol. The van der Waals surface area contributed by atoms with E-state index in [1.807, 2.05) is 42.5 Å². The quantitative estimate of drug-likeness (QED) is 0.544. The molecule has 0 aliphatic rings. The molecule has 3 aromatic carbocycles. The molecular weight excluding hydrogens is 364 g/mol. The third-order valence-electron chi connectivity index (χ3n) is 4.60. The summed E-state index contributed by atoms with van der Waals surface area (Å²) in [6, 6.07) is 23.6. The molecule has 0 spiro atoms. The van der Waals surface area contributed by atoms with Crippen LogP contribution in [0.1, 0.15) is 26.5 Å². The van der Waals surface area contributed by atoms with Crippen molar-refractivity contribution in [2.45, 2.75) is 6.54 Å². The first-order chi connectivity index (χ1) is 14.1. The van der Waals surface area contributed by atoms with Crippen molar-refractivity contribution >= 4 is 28.5 Å². The maximum absolute atomic E-state index is 12.7. The number of rotatable bonds is 5. The maximum atomic E-state index is 12.7. The van der Waals surface area contributed by atoms with Crippen molar-refractivity contribution in [1.82, 2.24) is 14.9 Å². The highest BCUT2D eigenvalue weighted by Crippen LogP contribution is 2.15. The van der Waals surface area contributed by atoms with Gasteiger partial charge in [-0.2, -0.15) is 0 Å². The molecule has 0 saturated heterocycles. The van der Waals surface area contributed by atoms with Gasteiger partial charge >= 0.3 is 0 Å². The highest BCUT2D eigenvalue weighted by molar-refractivity contribution is 6.04. The van der Waals surface area contributed by atoms with Crippen molar-refractivity contribution < 1.29 is 9.59 Å². The third-order valence-corrected chi connectivity index (χ3v) is 4.60. The number of imidazole rings is 1. The van der Waals surface area contributed by atoms with Crippen LogP contribution in [-0.2, 0) is 6.54 Å². The second-order valence-corrected chi connectivity index (χ2v) is 6.76. The molecule has 0 saturated carbocycles. The molecule has 144 valence electrons. The molecule has 29 heavy (non-hydrogen) atoms. The first-order valence-corrected chi connectivity index (χ1v) is 9.26. The number of para-hydroxylation sites is 2. The maximum Gasteiger partial charge on any atom is 0.255 e. The number of benzene rings is 3. The topological polar surface area (TPSA) is 78.1 Å². The first-order valence-electron chi connectivity index (χ1n) is 9.26. The summed E-state index contributed by atoms with van der Waals surface area (Å²) in [5.41, 5.74) is 3.58. The zero-order chi connectivity index (χ0) is 20.2. The van der Waals surface area contributed by atoms with Gasteiger partial charge < -0.3 is 15.2 Å². The molecule has 0 unspecified atom stereocenters.